The molecule has 2 aromatic carbocycles. The van der Waals surface area contributed by atoms with Crippen molar-refractivity contribution in [2.24, 2.45) is 10.7 Å². The molecule has 6 nitrogen and oxygen atoms in total. The minimum absolute atomic E-state index is 0. The fourth-order valence-electron chi connectivity index (χ4n) is 2.97. The number of amides is 1. The van der Waals surface area contributed by atoms with Gasteiger partial charge in [-0.1, -0.05) is 23.7 Å². The van der Waals surface area contributed by atoms with Crippen LogP contribution in [0.25, 0.3) is 0 Å². The van der Waals surface area contributed by atoms with E-state index in [4.69, 9.17) is 22.1 Å². The number of hydrogen-bond acceptors (Lipinski definition) is 3. The lowest BCUT2D eigenvalue weighted by Gasteiger charge is -2.26. The summed E-state index contributed by atoms with van der Waals surface area (Å²) in [6.07, 6.45) is 2.66. The third kappa shape index (κ3) is 5.75. The van der Waals surface area contributed by atoms with Gasteiger partial charge in [-0.05, 0) is 48.7 Å². The van der Waals surface area contributed by atoms with Crippen molar-refractivity contribution in [3.63, 3.8) is 0 Å². The van der Waals surface area contributed by atoms with Crippen LogP contribution in [0.2, 0.25) is 5.02 Å². The van der Waals surface area contributed by atoms with Crippen LogP contribution in [-0.4, -0.2) is 25.5 Å². The first-order valence-electron chi connectivity index (χ1n) is 8.86. The molecular weight excluding hydrogens is 491 g/mol. The predicted molar refractivity (Wildman–Crippen MR) is 125 cm³/mol. The first-order chi connectivity index (χ1) is 13.1. The zero-order chi connectivity index (χ0) is 19.2. The van der Waals surface area contributed by atoms with Gasteiger partial charge in [-0.2, -0.15) is 0 Å². The van der Waals surface area contributed by atoms with Crippen LogP contribution in [0.4, 0.5) is 11.4 Å². The SMILES string of the molecule is COc1ccc(NC(N)=NCc2ccc(N3CCCCC3=O)cc2)cc1Cl.I. The van der Waals surface area contributed by atoms with Crippen molar-refractivity contribution in [1.82, 2.24) is 0 Å². The summed E-state index contributed by atoms with van der Waals surface area (Å²) in [5, 5.41) is 3.51. The van der Waals surface area contributed by atoms with Crippen molar-refractivity contribution in [2.75, 3.05) is 23.9 Å². The first kappa shape index (κ1) is 22.3. The molecule has 3 rings (SSSR count). The van der Waals surface area contributed by atoms with Gasteiger partial charge in [0.05, 0.1) is 18.7 Å². The Labute approximate surface area is 187 Å². The molecule has 1 amide bonds. The van der Waals surface area contributed by atoms with Crippen molar-refractivity contribution >= 4 is 58.8 Å². The molecule has 0 aliphatic carbocycles. The molecule has 28 heavy (non-hydrogen) atoms. The number of ether oxygens (including phenoxy) is 1. The summed E-state index contributed by atoms with van der Waals surface area (Å²) in [5.74, 6) is 1.09. The Morgan fingerprint density at radius 3 is 2.64 bits per heavy atom. The average molecular weight is 515 g/mol. The Morgan fingerprint density at radius 2 is 2.00 bits per heavy atom. The Balaban J connectivity index is 0.00000280. The predicted octanol–water partition coefficient (Wildman–Crippen LogP) is 4.41. The second-order valence-corrected chi connectivity index (χ2v) is 6.75. The maximum Gasteiger partial charge on any atom is 0.226 e. The lowest BCUT2D eigenvalue weighted by Crippen LogP contribution is -2.35. The summed E-state index contributed by atoms with van der Waals surface area (Å²) < 4.78 is 5.12. The highest BCUT2D eigenvalue weighted by Crippen LogP contribution is 2.27. The Hall–Kier alpha value is -2.00. The van der Waals surface area contributed by atoms with Crippen molar-refractivity contribution in [1.29, 1.82) is 0 Å². The Bertz CT molecular complexity index is 843. The summed E-state index contributed by atoms with van der Waals surface area (Å²) in [5.41, 5.74) is 8.64. The van der Waals surface area contributed by atoms with Crippen molar-refractivity contribution in [3.05, 3.63) is 53.1 Å². The average Bonchev–Trinajstić information content (AvgIpc) is 2.67. The van der Waals surface area contributed by atoms with E-state index in [1.165, 1.54) is 0 Å². The summed E-state index contributed by atoms with van der Waals surface area (Å²) >= 11 is 6.10. The Kier molecular flexibility index (Phi) is 8.37. The van der Waals surface area contributed by atoms with E-state index in [0.29, 0.717) is 29.7 Å². The van der Waals surface area contributed by atoms with Crippen molar-refractivity contribution in [3.8, 4) is 5.75 Å². The Morgan fingerprint density at radius 1 is 1.25 bits per heavy atom. The number of piperidine rings is 1. The second kappa shape index (κ2) is 10.5. The molecule has 0 saturated carbocycles. The molecule has 150 valence electrons. The van der Waals surface area contributed by atoms with Crippen LogP contribution in [0.1, 0.15) is 24.8 Å². The van der Waals surface area contributed by atoms with E-state index in [9.17, 15) is 4.79 Å². The quantitative estimate of drug-likeness (QED) is 0.352. The van der Waals surface area contributed by atoms with Crippen LogP contribution in [0.3, 0.4) is 0 Å². The minimum atomic E-state index is 0. The molecule has 0 spiro atoms. The highest BCUT2D eigenvalue weighted by atomic mass is 127. The van der Waals surface area contributed by atoms with Crippen LogP contribution in [0.5, 0.6) is 5.75 Å². The molecule has 1 aliphatic rings. The molecule has 0 radical (unpaired) electrons. The molecule has 0 unspecified atom stereocenters. The lowest BCUT2D eigenvalue weighted by molar-refractivity contribution is -0.119. The van der Waals surface area contributed by atoms with Gasteiger partial charge in [-0.15, -0.1) is 24.0 Å². The highest BCUT2D eigenvalue weighted by molar-refractivity contribution is 14.0. The van der Waals surface area contributed by atoms with Crippen LogP contribution in [-0.2, 0) is 11.3 Å². The van der Waals surface area contributed by atoms with Gasteiger partial charge in [0.15, 0.2) is 5.96 Å². The molecule has 1 aliphatic heterocycles. The topological polar surface area (TPSA) is 80.0 Å². The van der Waals surface area contributed by atoms with Crippen LogP contribution in [0, 0.1) is 0 Å². The number of carbonyl (C=O) groups excluding carboxylic acids is 1. The number of nitrogens with two attached hydrogens (primary N) is 1. The first-order valence-corrected chi connectivity index (χ1v) is 9.24. The number of rotatable bonds is 5. The zero-order valence-electron chi connectivity index (χ0n) is 15.7. The molecule has 1 saturated heterocycles. The van der Waals surface area contributed by atoms with Crippen LogP contribution >= 0.6 is 35.6 Å². The van der Waals surface area contributed by atoms with E-state index in [1.54, 1.807) is 19.2 Å². The van der Waals surface area contributed by atoms with E-state index < -0.39 is 0 Å². The third-order valence-corrected chi connectivity index (χ3v) is 4.72. The second-order valence-electron chi connectivity index (χ2n) is 6.34. The molecule has 8 heteroatoms. The van der Waals surface area contributed by atoms with Gasteiger partial charge < -0.3 is 20.7 Å². The zero-order valence-corrected chi connectivity index (χ0v) is 18.7. The van der Waals surface area contributed by atoms with Gasteiger partial charge in [0.25, 0.3) is 0 Å². The van der Waals surface area contributed by atoms with Crippen LogP contribution in [0.15, 0.2) is 47.5 Å². The number of hydrogen-bond donors (Lipinski definition) is 2. The molecular formula is C20H24ClIN4O2. The molecule has 1 fully saturated rings. The van der Waals surface area contributed by atoms with Gasteiger partial charge in [-0.3, -0.25) is 4.79 Å². The fraction of sp³-hybridized carbons (Fsp3) is 0.300. The van der Waals surface area contributed by atoms with Gasteiger partial charge in [0, 0.05) is 24.3 Å². The van der Waals surface area contributed by atoms with E-state index >= 15 is 0 Å². The normalized spacial score (nSPS) is 14.4. The molecule has 3 N–H and O–H groups in total. The number of nitrogens with zero attached hydrogens (tertiary/aromatic N) is 2. The van der Waals surface area contributed by atoms with Gasteiger partial charge in [0.1, 0.15) is 5.75 Å². The van der Waals surface area contributed by atoms with Gasteiger partial charge in [-0.25, -0.2) is 4.99 Å². The lowest BCUT2D eigenvalue weighted by atomic mass is 10.1. The molecule has 0 aromatic heterocycles. The van der Waals surface area contributed by atoms with E-state index in [0.717, 1.165) is 36.3 Å². The molecule has 1 heterocycles. The minimum Gasteiger partial charge on any atom is -0.495 e. The molecule has 0 atom stereocenters. The van der Waals surface area contributed by atoms with Crippen molar-refractivity contribution < 1.29 is 9.53 Å². The van der Waals surface area contributed by atoms with E-state index in [2.05, 4.69) is 10.3 Å². The summed E-state index contributed by atoms with van der Waals surface area (Å²) in [7, 11) is 1.57. The smallest absolute Gasteiger partial charge is 0.226 e. The van der Waals surface area contributed by atoms with Crippen molar-refractivity contribution in [2.45, 2.75) is 25.8 Å². The monoisotopic (exact) mass is 514 g/mol. The van der Waals surface area contributed by atoms with E-state index in [1.807, 2.05) is 35.2 Å². The number of guanidine groups is 1. The summed E-state index contributed by atoms with van der Waals surface area (Å²) in [6.45, 7) is 1.23. The molecule has 2 aromatic rings. The number of carbonyl (C=O) groups is 1. The summed E-state index contributed by atoms with van der Waals surface area (Å²) in [6, 6.07) is 13.2. The number of anilines is 2. The third-order valence-electron chi connectivity index (χ3n) is 4.43. The fourth-order valence-corrected chi connectivity index (χ4v) is 3.23. The highest BCUT2D eigenvalue weighted by Gasteiger charge is 2.19. The number of nitrogens with one attached hydrogen (secondary N) is 1. The maximum atomic E-state index is 12.0. The maximum absolute atomic E-state index is 12.0. The number of halogens is 2. The van der Waals surface area contributed by atoms with E-state index in [-0.39, 0.29) is 29.9 Å². The van der Waals surface area contributed by atoms with Crippen LogP contribution < -0.4 is 20.7 Å². The summed E-state index contributed by atoms with van der Waals surface area (Å²) in [4.78, 5) is 18.2. The number of aliphatic imine (C=N–C) groups is 1. The van der Waals surface area contributed by atoms with Gasteiger partial charge in [0.2, 0.25) is 5.91 Å². The molecule has 0 bridgehead atoms. The number of methoxy groups -OCH3 is 1. The largest absolute Gasteiger partial charge is 0.495 e. The van der Waals surface area contributed by atoms with Gasteiger partial charge >= 0.3 is 0 Å². The standard InChI is InChI=1S/C20H23ClN4O2.HI/c1-27-18-10-7-15(12-17(18)21)24-20(22)23-13-14-5-8-16(9-6-14)25-11-3-2-4-19(25)26;/h5-10,12H,2-4,11,13H2,1H3,(H3,22,23,24);1H. The number of benzene rings is 2.